The minimum Gasteiger partial charge on any atom is -0.273 e. The zero-order valence-electron chi connectivity index (χ0n) is 16.6. The predicted octanol–water partition coefficient (Wildman–Crippen LogP) is 2.54. The summed E-state index contributed by atoms with van der Waals surface area (Å²) in [5.74, 6) is 0.711. The summed E-state index contributed by atoms with van der Waals surface area (Å²) in [4.78, 5) is 23.5. The van der Waals surface area contributed by atoms with Gasteiger partial charge in [-0.25, -0.2) is 10.9 Å². The molecule has 0 spiro atoms. The molecule has 0 fully saturated rings. The molecule has 2 rings (SSSR count). The van der Waals surface area contributed by atoms with Gasteiger partial charge in [0.05, 0.1) is 35.7 Å². The molecule has 31 heavy (non-hydrogen) atoms. The molecule has 2 N–H and O–H groups in total. The number of amides is 2. The van der Waals surface area contributed by atoms with Crippen molar-refractivity contribution in [3.63, 3.8) is 0 Å². The molecule has 156 valence electrons. The quantitative estimate of drug-likeness (QED) is 0.338. The summed E-state index contributed by atoms with van der Waals surface area (Å²) >= 11 is 1.49. The molecule has 0 bridgehead atoms. The van der Waals surface area contributed by atoms with E-state index in [1.54, 1.807) is 48.5 Å². The lowest BCUT2D eigenvalue weighted by Crippen LogP contribution is -2.19. The van der Waals surface area contributed by atoms with Gasteiger partial charge < -0.3 is 0 Å². The monoisotopic (exact) mass is 432 g/mol. The van der Waals surface area contributed by atoms with Gasteiger partial charge in [0, 0.05) is 24.3 Å². The highest BCUT2D eigenvalue weighted by Gasteiger charge is 2.02. The largest absolute Gasteiger partial charge is 0.273 e. The molecule has 2 amide bonds. The number of nitrogens with one attached hydrogen (secondary N) is 2. The average Bonchev–Trinajstić information content (AvgIpc) is 2.80. The van der Waals surface area contributed by atoms with Gasteiger partial charge in [-0.15, -0.1) is 0 Å². The Balaban J connectivity index is 1.55. The van der Waals surface area contributed by atoms with Crippen molar-refractivity contribution in [2.75, 3.05) is 11.5 Å². The molecule has 8 nitrogen and oxygen atoms in total. The molecule has 0 heterocycles. The van der Waals surface area contributed by atoms with Gasteiger partial charge in [0.25, 0.3) is 0 Å². The lowest BCUT2D eigenvalue weighted by Gasteiger charge is -2.01. The number of hydrazone groups is 2. The first kappa shape index (κ1) is 23.3. The Kier molecular flexibility index (Phi) is 10.0. The number of nitrogens with zero attached hydrogens (tertiary/aromatic N) is 4. The van der Waals surface area contributed by atoms with Crippen LogP contribution in [-0.2, 0) is 9.59 Å². The van der Waals surface area contributed by atoms with Crippen LogP contribution in [0.15, 0.2) is 58.7 Å². The molecular weight excluding hydrogens is 412 g/mol. The first-order valence-electron chi connectivity index (χ1n) is 9.32. The van der Waals surface area contributed by atoms with Crippen LogP contribution in [0.4, 0.5) is 0 Å². The molecule has 0 radical (unpaired) electrons. The van der Waals surface area contributed by atoms with Crippen molar-refractivity contribution in [1.29, 1.82) is 10.5 Å². The fourth-order valence-corrected chi connectivity index (χ4v) is 3.05. The minimum atomic E-state index is -0.214. The van der Waals surface area contributed by atoms with Crippen LogP contribution >= 0.6 is 11.8 Å². The normalized spacial score (nSPS) is 10.5. The molecule has 0 saturated carbocycles. The molecular formula is C22H20N6O2S. The van der Waals surface area contributed by atoms with Crippen molar-refractivity contribution in [1.82, 2.24) is 10.9 Å². The van der Waals surface area contributed by atoms with E-state index in [2.05, 4.69) is 21.1 Å². The third kappa shape index (κ3) is 9.39. The van der Waals surface area contributed by atoms with Crippen LogP contribution < -0.4 is 10.9 Å². The molecule has 0 atom stereocenters. The number of benzene rings is 2. The molecule has 0 aliphatic heterocycles. The molecule has 2 aromatic carbocycles. The zero-order valence-corrected chi connectivity index (χ0v) is 17.4. The van der Waals surface area contributed by atoms with E-state index >= 15 is 0 Å². The maximum atomic E-state index is 11.7. The number of carbonyl (C=O) groups excluding carboxylic acids is 2. The lowest BCUT2D eigenvalue weighted by molar-refractivity contribution is -0.121. The van der Waals surface area contributed by atoms with Crippen LogP contribution in [0, 0.1) is 22.7 Å². The zero-order chi connectivity index (χ0) is 22.3. The van der Waals surface area contributed by atoms with Gasteiger partial charge in [-0.1, -0.05) is 24.3 Å². The highest BCUT2D eigenvalue weighted by atomic mass is 32.2. The standard InChI is InChI=1S/C22H20N6O2S/c23-13-17-1-5-19(6-2-17)15-25-27-21(29)9-11-31-12-10-22(30)28-26-16-20-7-3-18(14-24)4-8-20/h1-8,15-16H,9-12H2,(H,27,29)(H,28,30)/b25-15-,26-16-. The van der Waals surface area contributed by atoms with E-state index in [-0.39, 0.29) is 24.7 Å². The molecule has 0 saturated heterocycles. The topological polar surface area (TPSA) is 130 Å². The van der Waals surface area contributed by atoms with Gasteiger partial charge in [-0.05, 0) is 35.4 Å². The first-order valence-corrected chi connectivity index (χ1v) is 10.5. The molecule has 0 aromatic heterocycles. The Morgan fingerprint density at radius 1 is 0.774 bits per heavy atom. The summed E-state index contributed by atoms with van der Waals surface area (Å²) in [5.41, 5.74) is 7.57. The molecule has 0 aliphatic rings. The van der Waals surface area contributed by atoms with Gasteiger partial charge in [0.1, 0.15) is 0 Å². The van der Waals surface area contributed by atoms with Gasteiger partial charge in [0.15, 0.2) is 0 Å². The Morgan fingerprint density at radius 2 is 1.16 bits per heavy atom. The smallest absolute Gasteiger partial charge is 0.240 e. The minimum absolute atomic E-state index is 0.214. The Hall–Kier alpha value is -3.95. The molecule has 0 aliphatic carbocycles. The van der Waals surface area contributed by atoms with E-state index in [1.165, 1.54) is 24.2 Å². The Morgan fingerprint density at radius 3 is 1.52 bits per heavy atom. The first-order chi connectivity index (χ1) is 15.1. The van der Waals surface area contributed by atoms with Crippen molar-refractivity contribution < 1.29 is 9.59 Å². The summed E-state index contributed by atoms with van der Waals surface area (Å²) in [5, 5.41) is 25.3. The average molecular weight is 433 g/mol. The fourth-order valence-electron chi connectivity index (χ4n) is 2.19. The highest BCUT2D eigenvalue weighted by molar-refractivity contribution is 7.99. The van der Waals surface area contributed by atoms with E-state index in [0.29, 0.717) is 22.6 Å². The number of carbonyl (C=O) groups is 2. The SMILES string of the molecule is N#Cc1ccc(/C=N\NC(=O)CCSCCC(=O)N/N=C\c2ccc(C#N)cc2)cc1. The summed E-state index contributed by atoms with van der Waals surface area (Å²) in [6, 6.07) is 17.7. The van der Waals surface area contributed by atoms with E-state index in [9.17, 15) is 9.59 Å². The predicted molar refractivity (Wildman–Crippen MR) is 120 cm³/mol. The number of hydrogen-bond donors (Lipinski definition) is 2. The number of thioether (sulfide) groups is 1. The van der Waals surface area contributed by atoms with Crippen LogP contribution in [0.25, 0.3) is 0 Å². The van der Waals surface area contributed by atoms with Gasteiger partial charge in [-0.2, -0.15) is 32.5 Å². The van der Waals surface area contributed by atoms with Crippen molar-refractivity contribution in [3.8, 4) is 12.1 Å². The Labute approximate surface area is 184 Å². The van der Waals surface area contributed by atoms with E-state index in [4.69, 9.17) is 10.5 Å². The fraction of sp³-hybridized carbons (Fsp3) is 0.182. The summed E-state index contributed by atoms with van der Waals surface area (Å²) in [6.45, 7) is 0. The van der Waals surface area contributed by atoms with Crippen molar-refractivity contribution >= 4 is 36.0 Å². The highest BCUT2D eigenvalue weighted by Crippen LogP contribution is 2.05. The van der Waals surface area contributed by atoms with Gasteiger partial charge in [-0.3, -0.25) is 9.59 Å². The Bertz CT molecular complexity index is 934. The van der Waals surface area contributed by atoms with Crippen LogP contribution in [0.2, 0.25) is 0 Å². The van der Waals surface area contributed by atoms with Crippen LogP contribution in [0.5, 0.6) is 0 Å². The van der Waals surface area contributed by atoms with E-state index in [0.717, 1.165) is 11.1 Å². The lowest BCUT2D eigenvalue weighted by atomic mass is 10.2. The number of hydrogen-bond acceptors (Lipinski definition) is 7. The van der Waals surface area contributed by atoms with Crippen LogP contribution in [0.3, 0.4) is 0 Å². The van der Waals surface area contributed by atoms with Gasteiger partial charge >= 0.3 is 0 Å². The second-order valence-corrected chi connectivity index (χ2v) is 7.39. The van der Waals surface area contributed by atoms with Gasteiger partial charge in [0.2, 0.25) is 11.8 Å². The van der Waals surface area contributed by atoms with Crippen molar-refractivity contribution in [2.24, 2.45) is 10.2 Å². The summed E-state index contributed by atoms with van der Waals surface area (Å²) < 4.78 is 0. The molecule has 2 aromatic rings. The van der Waals surface area contributed by atoms with E-state index in [1.807, 2.05) is 12.1 Å². The molecule has 9 heteroatoms. The second kappa shape index (κ2) is 13.3. The third-order valence-corrected chi connectivity index (χ3v) is 4.82. The summed E-state index contributed by atoms with van der Waals surface area (Å²) in [7, 11) is 0. The maximum Gasteiger partial charge on any atom is 0.240 e. The van der Waals surface area contributed by atoms with Crippen molar-refractivity contribution in [2.45, 2.75) is 12.8 Å². The number of nitriles is 2. The van der Waals surface area contributed by atoms with Crippen LogP contribution in [-0.4, -0.2) is 35.7 Å². The molecule has 0 unspecified atom stereocenters. The van der Waals surface area contributed by atoms with Crippen LogP contribution in [0.1, 0.15) is 35.1 Å². The van der Waals surface area contributed by atoms with Crippen molar-refractivity contribution in [3.05, 3.63) is 70.8 Å². The third-order valence-electron chi connectivity index (χ3n) is 3.83. The van der Waals surface area contributed by atoms with E-state index < -0.39 is 0 Å². The maximum absolute atomic E-state index is 11.7. The number of rotatable bonds is 10. The second-order valence-electron chi connectivity index (χ2n) is 6.17. The summed E-state index contributed by atoms with van der Waals surface area (Å²) in [6.07, 6.45) is 3.59.